The summed E-state index contributed by atoms with van der Waals surface area (Å²) in [7, 11) is -4.59. The first-order chi connectivity index (χ1) is 27.0. The molecule has 5 nitrogen and oxygen atoms in total. The quantitative estimate of drug-likeness (QED) is 0.179. The molecule has 0 aromatic heterocycles. The van der Waals surface area contributed by atoms with Crippen LogP contribution in [0.5, 0.6) is 5.75 Å². The van der Waals surface area contributed by atoms with E-state index in [2.05, 4.69) is 163 Å². The normalized spacial score (nSPS) is 18.0. The van der Waals surface area contributed by atoms with Gasteiger partial charge in [0.15, 0.2) is 0 Å². The molecule has 58 heavy (non-hydrogen) atoms. The lowest BCUT2D eigenvalue weighted by atomic mass is 9.98. The van der Waals surface area contributed by atoms with Crippen molar-refractivity contribution in [2.24, 2.45) is 11.8 Å². The Balaban J connectivity index is 0.000000221. The topological polar surface area (TPSA) is 57.2 Å². The molecule has 0 spiro atoms. The molecule has 0 unspecified atom stereocenters. The Hall–Kier alpha value is -3.05. The largest absolute Gasteiger partial charge is 0.508 e. The summed E-state index contributed by atoms with van der Waals surface area (Å²) in [6.45, 7) is 32.7. The second-order valence-corrected chi connectivity index (χ2v) is 30.7. The lowest BCUT2D eigenvalue weighted by Gasteiger charge is -2.52. The zero-order chi connectivity index (χ0) is 42.6. The fourth-order valence-corrected chi connectivity index (χ4v) is 19.3. The van der Waals surface area contributed by atoms with Crippen molar-refractivity contribution in [3.05, 3.63) is 114 Å². The number of hydrogen-bond donors (Lipinski definition) is 1. The van der Waals surface area contributed by atoms with E-state index in [-0.39, 0.29) is 20.2 Å². The molecule has 316 valence electrons. The smallest absolute Gasteiger partial charge is 0.349 e. The molecule has 2 fully saturated rings. The van der Waals surface area contributed by atoms with Gasteiger partial charge in [-0.1, -0.05) is 174 Å². The minimum Gasteiger partial charge on any atom is -0.508 e. The van der Waals surface area contributed by atoms with Gasteiger partial charge in [0.05, 0.1) is 0 Å². The summed E-state index contributed by atoms with van der Waals surface area (Å²) in [6.07, 6.45) is 4.30. The highest BCUT2D eigenvalue weighted by Crippen LogP contribution is 2.55. The van der Waals surface area contributed by atoms with E-state index < -0.39 is 17.1 Å². The van der Waals surface area contributed by atoms with Gasteiger partial charge in [-0.05, 0) is 78.1 Å². The zero-order valence-corrected chi connectivity index (χ0v) is 40.1. The second kappa shape index (κ2) is 18.3. The average molecular weight is 823 g/mol. The van der Waals surface area contributed by atoms with E-state index >= 15 is 0 Å². The van der Waals surface area contributed by atoms with Crippen molar-refractivity contribution < 1.29 is 22.8 Å². The van der Waals surface area contributed by atoms with Gasteiger partial charge in [0.25, 0.3) is 0 Å². The third kappa shape index (κ3) is 10.8. The zero-order valence-electron chi connectivity index (χ0n) is 38.1. The van der Waals surface area contributed by atoms with Crippen molar-refractivity contribution in [1.82, 2.24) is 0 Å². The molecule has 0 aliphatic carbocycles. The molecule has 0 radical (unpaired) electrons. The minimum absolute atomic E-state index is 0.0558. The Morgan fingerprint density at radius 2 is 0.690 bits per heavy atom. The summed E-state index contributed by atoms with van der Waals surface area (Å²) in [6, 6.07) is 33.8. The number of aryl methyl sites for hydroxylation is 3. The van der Waals surface area contributed by atoms with Crippen LogP contribution < -0.4 is 0 Å². The lowest BCUT2D eigenvalue weighted by molar-refractivity contribution is 0.0292. The van der Waals surface area contributed by atoms with Crippen LogP contribution in [0.1, 0.15) is 113 Å². The number of aromatic hydroxyl groups is 1. The minimum atomic E-state index is -2.30. The molecule has 0 atom stereocenters. The average Bonchev–Trinajstić information content (AvgIpc) is 3.16. The van der Waals surface area contributed by atoms with Crippen molar-refractivity contribution in [3.8, 4) is 28.0 Å². The summed E-state index contributed by atoms with van der Waals surface area (Å²) in [5.41, 5.74) is 8.88. The fourth-order valence-electron chi connectivity index (χ4n) is 9.30. The van der Waals surface area contributed by atoms with E-state index in [4.69, 9.17) is 17.7 Å². The van der Waals surface area contributed by atoms with Crippen LogP contribution in [0.25, 0.3) is 22.3 Å². The molecule has 4 aromatic carbocycles. The summed E-state index contributed by atoms with van der Waals surface area (Å²) >= 11 is 0. The van der Waals surface area contributed by atoms with Gasteiger partial charge in [0.1, 0.15) is 5.75 Å². The Kier molecular flexibility index (Phi) is 14.5. The van der Waals surface area contributed by atoms with Crippen molar-refractivity contribution in [2.75, 3.05) is 26.4 Å². The SMILES string of the molecule is CC(C)(C)[Si]1(C(C)(C)C)OCC(CCc2ccc(-c3ccc(O)cc3)cc2)CO1.Cc1ccc(-c2ccc(CCC3CO[Si](C(C)(C)C)(C(C)(C)C)OC3)cc2)cc1. The highest BCUT2D eigenvalue weighted by atomic mass is 28.4. The highest BCUT2D eigenvalue weighted by molar-refractivity contribution is 6.74. The first-order valence-electron chi connectivity index (χ1n) is 21.6. The molecule has 2 aliphatic rings. The van der Waals surface area contributed by atoms with Gasteiger partial charge in [-0.2, -0.15) is 0 Å². The molecule has 2 aliphatic heterocycles. The van der Waals surface area contributed by atoms with E-state index in [1.807, 2.05) is 12.1 Å². The maximum Gasteiger partial charge on any atom is 0.349 e. The lowest BCUT2D eigenvalue weighted by Crippen LogP contribution is -2.61. The molecule has 4 aromatic rings. The third-order valence-electron chi connectivity index (χ3n) is 12.2. The Labute approximate surface area is 354 Å². The van der Waals surface area contributed by atoms with Crippen LogP contribution in [0.2, 0.25) is 20.2 Å². The van der Waals surface area contributed by atoms with E-state index in [0.717, 1.165) is 57.7 Å². The van der Waals surface area contributed by atoms with Crippen LogP contribution in [0.4, 0.5) is 0 Å². The fraction of sp³-hybridized carbons (Fsp3) is 0.529. The van der Waals surface area contributed by atoms with Crippen molar-refractivity contribution in [2.45, 2.75) is 136 Å². The van der Waals surface area contributed by atoms with Gasteiger partial charge >= 0.3 is 17.1 Å². The van der Waals surface area contributed by atoms with E-state index in [0.29, 0.717) is 17.6 Å². The molecular weight excluding hydrogens is 749 g/mol. The molecule has 2 heterocycles. The van der Waals surface area contributed by atoms with Gasteiger partial charge in [-0.25, -0.2) is 0 Å². The van der Waals surface area contributed by atoms with Crippen LogP contribution in [-0.4, -0.2) is 48.7 Å². The third-order valence-corrected chi connectivity index (χ3v) is 22.4. The van der Waals surface area contributed by atoms with Gasteiger partial charge in [0.2, 0.25) is 0 Å². The van der Waals surface area contributed by atoms with Crippen LogP contribution in [0, 0.1) is 18.8 Å². The van der Waals surface area contributed by atoms with Crippen LogP contribution in [0.15, 0.2) is 97.1 Å². The first-order valence-corrected chi connectivity index (χ1v) is 25.3. The van der Waals surface area contributed by atoms with Gasteiger partial charge in [-0.15, -0.1) is 0 Å². The molecule has 0 bridgehead atoms. The number of phenolic OH excluding ortho intramolecular Hbond substituents is 1. The highest BCUT2D eigenvalue weighted by Gasteiger charge is 2.61. The molecule has 7 heteroatoms. The Bertz CT molecular complexity index is 1690. The summed E-state index contributed by atoms with van der Waals surface area (Å²) in [5, 5.41) is 9.70. The Morgan fingerprint density at radius 1 is 0.431 bits per heavy atom. The second-order valence-electron chi connectivity index (χ2n) is 21.1. The summed E-state index contributed by atoms with van der Waals surface area (Å²) in [4.78, 5) is 0. The van der Waals surface area contributed by atoms with Gasteiger partial charge in [0, 0.05) is 58.4 Å². The van der Waals surface area contributed by atoms with E-state index in [1.165, 1.54) is 33.4 Å². The molecule has 6 rings (SSSR count). The van der Waals surface area contributed by atoms with Crippen molar-refractivity contribution >= 4 is 17.1 Å². The monoisotopic (exact) mass is 823 g/mol. The predicted molar refractivity (Wildman–Crippen MR) is 248 cm³/mol. The number of benzene rings is 4. The standard InChI is InChI=1S/C26H38O2Si.C25H36O3Si/c1-20-8-14-23(15-9-20)24-16-12-21(13-17-24)10-11-22-18-27-29(28-19-22,25(2,3)4)26(5,6)7;1-24(2,3)29(25(4,5)6)27-17-20(18-28-29)8-7-19-9-11-21(12-10-19)22-13-15-23(26)16-14-22/h8-9,12-17,22H,10-11,18-19H2,1-7H3;9-16,20,26H,7-8,17-18H2,1-6H3. The maximum atomic E-state index is 9.44. The number of phenols is 1. The van der Waals surface area contributed by atoms with Gasteiger partial charge < -0.3 is 22.8 Å². The molecule has 0 amide bonds. The number of rotatable bonds is 8. The van der Waals surface area contributed by atoms with Crippen LogP contribution >= 0.6 is 0 Å². The Morgan fingerprint density at radius 3 is 0.966 bits per heavy atom. The molecular formula is C51H74O5Si2. The summed E-state index contributed by atoms with van der Waals surface area (Å²) < 4.78 is 26.4. The molecule has 1 N–H and O–H groups in total. The molecule has 2 saturated heterocycles. The number of hydrogen-bond acceptors (Lipinski definition) is 5. The maximum absolute atomic E-state index is 9.44. The van der Waals surface area contributed by atoms with Crippen LogP contribution in [0.3, 0.4) is 0 Å². The predicted octanol–water partition coefficient (Wildman–Crippen LogP) is 14.0. The van der Waals surface area contributed by atoms with Crippen LogP contribution in [-0.2, 0) is 30.5 Å². The summed E-state index contributed by atoms with van der Waals surface area (Å²) in [5.74, 6) is 1.24. The van der Waals surface area contributed by atoms with E-state index in [1.54, 1.807) is 12.1 Å². The van der Waals surface area contributed by atoms with Gasteiger partial charge in [-0.3, -0.25) is 0 Å². The molecule has 0 saturated carbocycles. The van der Waals surface area contributed by atoms with Crippen molar-refractivity contribution in [1.29, 1.82) is 0 Å². The first kappa shape index (κ1) is 46.0. The van der Waals surface area contributed by atoms with E-state index in [9.17, 15) is 5.11 Å². The van der Waals surface area contributed by atoms with Crippen molar-refractivity contribution in [3.63, 3.8) is 0 Å².